The van der Waals surface area contributed by atoms with Crippen LogP contribution in [0, 0.1) is 11.6 Å². The Morgan fingerprint density at radius 1 is 1.10 bits per heavy atom. The maximum Gasteiger partial charge on any atom is 0.133 e. The van der Waals surface area contributed by atoms with Crippen molar-refractivity contribution in [3.63, 3.8) is 0 Å². The van der Waals surface area contributed by atoms with Gasteiger partial charge < -0.3 is 10.1 Å². The number of methoxy groups -OCH3 is 1. The van der Waals surface area contributed by atoms with Crippen LogP contribution in [0.3, 0.4) is 0 Å². The van der Waals surface area contributed by atoms with Crippen molar-refractivity contribution in [1.29, 1.82) is 0 Å². The van der Waals surface area contributed by atoms with Crippen LogP contribution in [0.1, 0.15) is 12.5 Å². The molecule has 0 heterocycles. The van der Waals surface area contributed by atoms with Gasteiger partial charge in [-0.2, -0.15) is 0 Å². The third-order valence-electron chi connectivity index (χ3n) is 3.09. The summed E-state index contributed by atoms with van der Waals surface area (Å²) in [5.41, 5.74) is 2.03. The molecule has 0 saturated carbocycles. The van der Waals surface area contributed by atoms with Crippen LogP contribution in [0.4, 0.5) is 8.78 Å². The van der Waals surface area contributed by atoms with Crippen molar-refractivity contribution in [2.24, 2.45) is 0 Å². The molecule has 0 aliphatic heterocycles. The Labute approximate surface area is 117 Å². The minimum atomic E-state index is -0.576. The van der Waals surface area contributed by atoms with Crippen molar-refractivity contribution in [2.45, 2.75) is 13.5 Å². The van der Waals surface area contributed by atoms with Gasteiger partial charge in [0.05, 0.1) is 7.11 Å². The molecule has 0 amide bonds. The number of hydrogen-bond donors (Lipinski definition) is 1. The first-order valence-corrected chi connectivity index (χ1v) is 6.48. The Hall–Kier alpha value is -1.94. The van der Waals surface area contributed by atoms with Gasteiger partial charge in [0.1, 0.15) is 17.4 Å². The average Bonchev–Trinajstić information content (AvgIpc) is 2.45. The van der Waals surface area contributed by atoms with E-state index in [1.54, 1.807) is 19.2 Å². The van der Waals surface area contributed by atoms with Crippen LogP contribution in [0.15, 0.2) is 36.4 Å². The molecule has 0 radical (unpaired) electrons. The first-order valence-electron chi connectivity index (χ1n) is 6.48. The zero-order valence-electron chi connectivity index (χ0n) is 11.5. The largest absolute Gasteiger partial charge is 0.496 e. The molecule has 106 valence electrons. The molecule has 0 fully saturated rings. The fraction of sp³-hybridized carbons (Fsp3) is 0.250. The van der Waals surface area contributed by atoms with E-state index in [0.717, 1.165) is 23.9 Å². The number of benzene rings is 2. The SMILES string of the molecule is CCNCc1cc(-c2ccc(F)cc2F)ccc1OC. The monoisotopic (exact) mass is 277 g/mol. The van der Waals surface area contributed by atoms with Crippen LogP contribution >= 0.6 is 0 Å². The van der Waals surface area contributed by atoms with Gasteiger partial charge in [-0.1, -0.05) is 13.0 Å². The van der Waals surface area contributed by atoms with Gasteiger partial charge in [0.25, 0.3) is 0 Å². The fourth-order valence-corrected chi connectivity index (χ4v) is 2.07. The Balaban J connectivity index is 2.41. The van der Waals surface area contributed by atoms with Crippen LogP contribution < -0.4 is 10.1 Å². The van der Waals surface area contributed by atoms with E-state index in [0.29, 0.717) is 17.7 Å². The Kier molecular flexibility index (Phi) is 4.69. The van der Waals surface area contributed by atoms with E-state index >= 15 is 0 Å². The molecule has 2 rings (SSSR count). The molecule has 2 aromatic carbocycles. The summed E-state index contributed by atoms with van der Waals surface area (Å²) >= 11 is 0. The van der Waals surface area contributed by atoms with Crippen molar-refractivity contribution in [1.82, 2.24) is 5.32 Å². The summed E-state index contributed by atoms with van der Waals surface area (Å²) in [6, 6.07) is 9.02. The highest BCUT2D eigenvalue weighted by atomic mass is 19.1. The number of rotatable bonds is 5. The quantitative estimate of drug-likeness (QED) is 0.898. The van der Waals surface area contributed by atoms with Crippen LogP contribution in [0.25, 0.3) is 11.1 Å². The van der Waals surface area contributed by atoms with E-state index in [1.807, 2.05) is 13.0 Å². The van der Waals surface area contributed by atoms with Crippen molar-refractivity contribution < 1.29 is 13.5 Å². The van der Waals surface area contributed by atoms with Crippen LogP contribution in [0.2, 0.25) is 0 Å². The predicted molar refractivity (Wildman–Crippen MR) is 75.7 cm³/mol. The molecular formula is C16H17F2NO. The maximum absolute atomic E-state index is 13.8. The lowest BCUT2D eigenvalue weighted by molar-refractivity contribution is 0.408. The lowest BCUT2D eigenvalue weighted by Gasteiger charge is -2.12. The summed E-state index contributed by atoms with van der Waals surface area (Å²) in [6.07, 6.45) is 0. The van der Waals surface area contributed by atoms with Gasteiger partial charge >= 0.3 is 0 Å². The van der Waals surface area contributed by atoms with Crippen LogP contribution in [0.5, 0.6) is 5.75 Å². The molecular weight excluding hydrogens is 260 g/mol. The molecule has 1 N–H and O–H groups in total. The molecule has 2 nitrogen and oxygen atoms in total. The first kappa shape index (κ1) is 14.5. The number of halogens is 2. The van der Waals surface area contributed by atoms with Gasteiger partial charge in [-0.3, -0.25) is 0 Å². The van der Waals surface area contributed by atoms with Gasteiger partial charge in [-0.25, -0.2) is 8.78 Å². The lowest BCUT2D eigenvalue weighted by Crippen LogP contribution is -2.12. The van der Waals surface area contributed by atoms with Gasteiger partial charge in [-0.15, -0.1) is 0 Å². The van der Waals surface area contributed by atoms with Crippen molar-refractivity contribution in [3.8, 4) is 16.9 Å². The van der Waals surface area contributed by atoms with E-state index in [2.05, 4.69) is 5.32 Å². The van der Waals surface area contributed by atoms with Gasteiger partial charge in [-0.05, 0) is 36.4 Å². The zero-order valence-corrected chi connectivity index (χ0v) is 11.5. The van der Waals surface area contributed by atoms with E-state index in [1.165, 1.54) is 12.1 Å². The highest BCUT2D eigenvalue weighted by molar-refractivity contribution is 5.66. The first-order chi connectivity index (χ1) is 9.65. The van der Waals surface area contributed by atoms with Crippen LogP contribution in [-0.2, 0) is 6.54 Å². The van der Waals surface area contributed by atoms with E-state index in [9.17, 15) is 8.78 Å². The minimum absolute atomic E-state index is 0.381. The lowest BCUT2D eigenvalue weighted by atomic mass is 10.0. The fourth-order valence-electron chi connectivity index (χ4n) is 2.07. The van der Waals surface area contributed by atoms with E-state index in [-0.39, 0.29) is 0 Å². The van der Waals surface area contributed by atoms with E-state index in [4.69, 9.17) is 4.74 Å². The number of ether oxygens (including phenoxy) is 1. The van der Waals surface area contributed by atoms with Gasteiger partial charge in [0.2, 0.25) is 0 Å². The Morgan fingerprint density at radius 3 is 2.55 bits per heavy atom. The normalized spacial score (nSPS) is 10.6. The summed E-state index contributed by atoms with van der Waals surface area (Å²) in [6.45, 7) is 3.48. The summed E-state index contributed by atoms with van der Waals surface area (Å²) in [4.78, 5) is 0. The zero-order chi connectivity index (χ0) is 14.5. The van der Waals surface area contributed by atoms with Crippen LogP contribution in [-0.4, -0.2) is 13.7 Å². The molecule has 4 heteroatoms. The molecule has 0 aliphatic rings. The third-order valence-corrected chi connectivity index (χ3v) is 3.09. The third kappa shape index (κ3) is 3.14. The predicted octanol–water partition coefficient (Wildman–Crippen LogP) is 3.75. The molecule has 0 saturated heterocycles. The summed E-state index contributed by atoms with van der Waals surface area (Å²) in [7, 11) is 1.60. The second kappa shape index (κ2) is 6.48. The Bertz CT molecular complexity index is 599. The standard InChI is InChI=1S/C16H17F2NO/c1-3-19-10-12-8-11(4-7-16(12)20-2)14-6-5-13(17)9-15(14)18/h4-9,19H,3,10H2,1-2H3. The summed E-state index contributed by atoms with van der Waals surface area (Å²) in [5.74, 6) is -0.394. The highest BCUT2D eigenvalue weighted by Crippen LogP contribution is 2.28. The van der Waals surface area contributed by atoms with Crippen molar-refractivity contribution >= 4 is 0 Å². The number of nitrogens with one attached hydrogen (secondary N) is 1. The summed E-state index contributed by atoms with van der Waals surface area (Å²) < 4.78 is 32.1. The molecule has 0 atom stereocenters. The molecule has 0 spiro atoms. The average molecular weight is 277 g/mol. The topological polar surface area (TPSA) is 21.3 Å². The second-order valence-corrected chi connectivity index (χ2v) is 4.43. The molecule has 0 unspecified atom stereocenters. The van der Waals surface area contributed by atoms with Gasteiger partial charge in [0, 0.05) is 23.7 Å². The molecule has 0 aromatic heterocycles. The van der Waals surface area contributed by atoms with Gasteiger partial charge in [0.15, 0.2) is 0 Å². The van der Waals surface area contributed by atoms with Crippen molar-refractivity contribution in [2.75, 3.05) is 13.7 Å². The second-order valence-electron chi connectivity index (χ2n) is 4.43. The maximum atomic E-state index is 13.8. The highest BCUT2D eigenvalue weighted by Gasteiger charge is 2.10. The molecule has 0 aliphatic carbocycles. The summed E-state index contributed by atoms with van der Waals surface area (Å²) in [5, 5.41) is 3.21. The molecule has 20 heavy (non-hydrogen) atoms. The molecule has 2 aromatic rings. The van der Waals surface area contributed by atoms with E-state index < -0.39 is 11.6 Å². The number of hydrogen-bond acceptors (Lipinski definition) is 2. The smallest absolute Gasteiger partial charge is 0.133 e. The Morgan fingerprint density at radius 2 is 1.90 bits per heavy atom. The van der Waals surface area contributed by atoms with Crippen molar-refractivity contribution in [3.05, 3.63) is 53.6 Å². The molecule has 0 bridgehead atoms. The minimum Gasteiger partial charge on any atom is -0.496 e.